The minimum Gasteiger partial charge on any atom is -0.355 e. The highest BCUT2D eigenvalue weighted by molar-refractivity contribution is 5.77. The lowest BCUT2D eigenvalue weighted by Crippen LogP contribution is -2.49. The summed E-state index contributed by atoms with van der Waals surface area (Å²) in [5, 5.41) is 2.86. The van der Waals surface area contributed by atoms with Crippen molar-refractivity contribution >= 4 is 11.9 Å². The van der Waals surface area contributed by atoms with E-state index in [0.717, 1.165) is 57.3 Å². The SMILES string of the molecule is CCNC(=O)CN1CCN(Cc2cnc(N3CCCCC3)nc2)CC1. The minimum absolute atomic E-state index is 0.123. The third-order valence-electron chi connectivity index (χ3n) is 4.94. The Bertz CT molecular complexity index is 535. The summed E-state index contributed by atoms with van der Waals surface area (Å²) in [5.74, 6) is 0.993. The van der Waals surface area contributed by atoms with Crippen molar-refractivity contribution in [3.63, 3.8) is 0 Å². The highest BCUT2D eigenvalue weighted by Crippen LogP contribution is 2.15. The highest BCUT2D eigenvalue weighted by atomic mass is 16.2. The largest absolute Gasteiger partial charge is 0.355 e. The number of nitrogens with one attached hydrogen (secondary N) is 1. The Morgan fingerprint density at radius 3 is 2.28 bits per heavy atom. The fourth-order valence-electron chi connectivity index (χ4n) is 3.51. The molecule has 0 saturated carbocycles. The normalized spacial score (nSPS) is 19.8. The second kappa shape index (κ2) is 9.10. The number of carbonyl (C=O) groups excluding carboxylic acids is 1. The Morgan fingerprint density at radius 1 is 1.00 bits per heavy atom. The van der Waals surface area contributed by atoms with Crippen molar-refractivity contribution in [2.45, 2.75) is 32.7 Å². The van der Waals surface area contributed by atoms with Crippen LogP contribution in [0.2, 0.25) is 0 Å². The van der Waals surface area contributed by atoms with E-state index in [9.17, 15) is 4.79 Å². The van der Waals surface area contributed by atoms with Crippen LogP contribution in [0.15, 0.2) is 12.4 Å². The molecular formula is C18H30N6O. The first-order valence-electron chi connectivity index (χ1n) is 9.52. The van der Waals surface area contributed by atoms with Gasteiger partial charge in [-0.15, -0.1) is 0 Å². The summed E-state index contributed by atoms with van der Waals surface area (Å²) in [7, 11) is 0. The number of likely N-dealkylation sites (N-methyl/N-ethyl adjacent to an activating group) is 1. The molecule has 2 fully saturated rings. The van der Waals surface area contributed by atoms with Crippen LogP contribution in [0.1, 0.15) is 31.7 Å². The zero-order chi connectivity index (χ0) is 17.5. The molecule has 1 N–H and O–H groups in total. The van der Waals surface area contributed by atoms with Crippen LogP contribution in [-0.2, 0) is 11.3 Å². The van der Waals surface area contributed by atoms with Crippen molar-refractivity contribution in [3.05, 3.63) is 18.0 Å². The Balaban J connectivity index is 1.43. The van der Waals surface area contributed by atoms with Gasteiger partial charge in [0.2, 0.25) is 11.9 Å². The molecule has 2 saturated heterocycles. The molecular weight excluding hydrogens is 316 g/mol. The van der Waals surface area contributed by atoms with Gasteiger partial charge in [0.05, 0.1) is 6.54 Å². The third kappa shape index (κ3) is 5.37. The molecule has 0 spiro atoms. The van der Waals surface area contributed by atoms with Crippen LogP contribution in [0.4, 0.5) is 5.95 Å². The number of aromatic nitrogens is 2. The van der Waals surface area contributed by atoms with Gasteiger partial charge in [-0.2, -0.15) is 0 Å². The summed E-state index contributed by atoms with van der Waals surface area (Å²) < 4.78 is 0. The van der Waals surface area contributed by atoms with Crippen LogP contribution in [0.3, 0.4) is 0 Å². The number of nitrogens with zero attached hydrogens (tertiary/aromatic N) is 5. The van der Waals surface area contributed by atoms with Gasteiger partial charge in [0.15, 0.2) is 0 Å². The summed E-state index contributed by atoms with van der Waals surface area (Å²) in [6.45, 7) is 10.0. The maximum atomic E-state index is 11.7. The molecule has 1 aromatic heterocycles. The van der Waals surface area contributed by atoms with Gasteiger partial charge < -0.3 is 10.2 Å². The van der Waals surface area contributed by atoms with E-state index in [1.807, 2.05) is 19.3 Å². The molecule has 7 heteroatoms. The number of anilines is 1. The zero-order valence-electron chi connectivity index (χ0n) is 15.3. The van der Waals surface area contributed by atoms with Gasteiger partial charge in [-0.05, 0) is 26.2 Å². The van der Waals surface area contributed by atoms with Crippen molar-refractivity contribution in [2.75, 3.05) is 57.3 Å². The lowest BCUT2D eigenvalue weighted by Gasteiger charge is -2.34. The minimum atomic E-state index is 0.123. The van der Waals surface area contributed by atoms with Crippen molar-refractivity contribution < 1.29 is 4.79 Å². The first-order chi connectivity index (χ1) is 12.2. The molecule has 7 nitrogen and oxygen atoms in total. The number of hydrogen-bond donors (Lipinski definition) is 1. The van der Waals surface area contributed by atoms with Gasteiger partial charge in [-0.25, -0.2) is 9.97 Å². The number of piperidine rings is 1. The fraction of sp³-hybridized carbons (Fsp3) is 0.722. The molecule has 0 aliphatic carbocycles. The van der Waals surface area contributed by atoms with Gasteiger partial charge in [0.1, 0.15) is 0 Å². The number of piperazine rings is 1. The lowest BCUT2D eigenvalue weighted by molar-refractivity contribution is -0.122. The second-order valence-corrected chi connectivity index (χ2v) is 6.94. The summed E-state index contributed by atoms with van der Waals surface area (Å²) in [4.78, 5) is 27.7. The lowest BCUT2D eigenvalue weighted by atomic mass is 10.1. The average molecular weight is 346 g/mol. The average Bonchev–Trinajstić information content (AvgIpc) is 2.65. The molecule has 1 amide bonds. The number of carbonyl (C=O) groups is 1. The van der Waals surface area contributed by atoms with Crippen LogP contribution in [-0.4, -0.2) is 78.0 Å². The fourth-order valence-corrected chi connectivity index (χ4v) is 3.51. The molecule has 3 rings (SSSR count). The first kappa shape index (κ1) is 18.1. The highest BCUT2D eigenvalue weighted by Gasteiger charge is 2.19. The van der Waals surface area contributed by atoms with Crippen molar-refractivity contribution in [1.82, 2.24) is 25.1 Å². The van der Waals surface area contributed by atoms with Gasteiger partial charge in [0.25, 0.3) is 0 Å². The summed E-state index contributed by atoms with van der Waals surface area (Å²) in [6.07, 6.45) is 7.74. The second-order valence-electron chi connectivity index (χ2n) is 6.94. The van der Waals surface area contributed by atoms with Crippen LogP contribution >= 0.6 is 0 Å². The Hall–Kier alpha value is -1.73. The number of rotatable bonds is 6. The molecule has 0 unspecified atom stereocenters. The molecule has 0 radical (unpaired) electrons. The van der Waals surface area contributed by atoms with Gasteiger partial charge in [-0.3, -0.25) is 14.6 Å². The molecule has 2 aliphatic rings. The summed E-state index contributed by atoms with van der Waals surface area (Å²) in [6, 6.07) is 0. The van der Waals surface area contributed by atoms with Crippen molar-refractivity contribution in [2.24, 2.45) is 0 Å². The van der Waals surface area contributed by atoms with Gasteiger partial charge in [-0.1, -0.05) is 0 Å². The van der Waals surface area contributed by atoms with E-state index in [1.54, 1.807) is 0 Å². The van der Waals surface area contributed by atoms with E-state index in [-0.39, 0.29) is 5.91 Å². The number of hydrogen-bond acceptors (Lipinski definition) is 6. The Labute approximate surface area is 150 Å². The van der Waals surface area contributed by atoms with Crippen molar-refractivity contribution in [1.29, 1.82) is 0 Å². The summed E-state index contributed by atoms with van der Waals surface area (Å²) >= 11 is 0. The Kier molecular flexibility index (Phi) is 6.58. The first-order valence-corrected chi connectivity index (χ1v) is 9.52. The van der Waals surface area contributed by atoms with E-state index in [0.29, 0.717) is 13.1 Å². The predicted octanol–water partition coefficient (Wildman–Crippen LogP) is 0.721. The topological polar surface area (TPSA) is 64.6 Å². The van der Waals surface area contributed by atoms with Crippen molar-refractivity contribution in [3.8, 4) is 0 Å². The predicted molar refractivity (Wildman–Crippen MR) is 98.5 cm³/mol. The number of amides is 1. The molecule has 2 aliphatic heterocycles. The molecule has 0 atom stereocenters. The maximum absolute atomic E-state index is 11.7. The molecule has 25 heavy (non-hydrogen) atoms. The van der Waals surface area contributed by atoms with Crippen LogP contribution in [0.25, 0.3) is 0 Å². The van der Waals surface area contributed by atoms with Crippen LogP contribution in [0.5, 0.6) is 0 Å². The maximum Gasteiger partial charge on any atom is 0.234 e. The van der Waals surface area contributed by atoms with Crippen LogP contribution < -0.4 is 10.2 Å². The van der Waals surface area contributed by atoms with Gasteiger partial charge in [0, 0.05) is 70.3 Å². The smallest absolute Gasteiger partial charge is 0.234 e. The third-order valence-corrected chi connectivity index (χ3v) is 4.94. The quantitative estimate of drug-likeness (QED) is 0.819. The van der Waals surface area contributed by atoms with E-state index in [2.05, 4.69) is 30.0 Å². The van der Waals surface area contributed by atoms with Gasteiger partial charge >= 0.3 is 0 Å². The molecule has 0 bridgehead atoms. The molecule has 3 heterocycles. The monoisotopic (exact) mass is 346 g/mol. The standard InChI is InChI=1S/C18H30N6O/c1-2-19-17(25)15-23-10-8-22(9-11-23)14-16-12-20-18(21-13-16)24-6-4-3-5-7-24/h12-13H,2-11,14-15H2,1H3,(H,19,25). The van der Waals surface area contributed by atoms with E-state index in [4.69, 9.17) is 0 Å². The molecule has 138 valence electrons. The zero-order valence-corrected chi connectivity index (χ0v) is 15.3. The summed E-state index contributed by atoms with van der Waals surface area (Å²) in [5.41, 5.74) is 1.16. The molecule has 0 aromatic carbocycles. The van der Waals surface area contributed by atoms with Crippen LogP contribution in [0, 0.1) is 0 Å². The Morgan fingerprint density at radius 2 is 1.64 bits per heavy atom. The van der Waals surface area contributed by atoms with E-state index in [1.165, 1.54) is 19.3 Å². The van der Waals surface area contributed by atoms with E-state index >= 15 is 0 Å². The van der Waals surface area contributed by atoms with E-state index < -0.39 is 0 Å². The molecule has 1 aromatic rings.